The number of tetrazole rings is 1. The minimum atomic E-state index is 0.486. The van der Waals surface area contributed by atoms with E-state index in [0.29, 0.717) is 6.04 Å². The van der Waals surface area contributed by atoms with E-state index in [1.807, 2.05) is 22.9 Å². The Labute approximate surface area is 121 Å². The third kappa shape index (κ3) is 2.72. The van der Waals surface area contributed by atoms with Crippen LogP contribution in [0, 0.1) is 0 Å². The molecule has 1 aromatic carbocycles. The average Bonchev–Trinajstić information content (AvgIpc) is 3.23. The van der Waals surface area contributed by atoms with Crippen LogP contribution in [0.5, 0.6) is 11.5 Å². The Balaban J connectivity index is 1.75. The van der Waals surface area contributed by atoms with Crippen LogP contribution in [-0.2, 0) is 5.75 Å². The molecule has 6 nitrogen and oxygen atoms in total. The third-order valence-electron chi connectivity index (χ3n) is 3.20. The maximum atomic E-state index is 5.38. The second kappa shape index (κ2) is 5.70. The molecule has 0 radical (unpaired) electrons. The maximum absolute atomic E-state index is 5.38. The van der Waals surface area contributed by atoms with Gasteiger partial charge in [0.25, 0.3) is 0 Å². The summed E-state index contributed by atoms with van der Waals surface area (Å²) in [6.07, 6.45) is 2.34. The van der Waals surface area contributed by atoms with Gasteiger partial charge in [0.2, 0.25) is 5.16 Å². The van der Waals surface area contributed by atoms with Crippen molar-refractivity contribution in [1.29, 1.82) is 0 Å². The molecule has 0 saturated heterocycles. The fourth-order valence-electron chi connectivity index (χ4n) is 1.97. The Morgan fingerprint density at radius 1 is 1.30 bits per heavy atom. The Hall–Kier alpha value is -1.76. The topological polar surface area (TPSA) is 62.1 Å². The number of hydrogen-bond acceptors (Lipinski definition) is 6. The number of nitrogens with zero attached hydrogens (tertiary/aromatic N) is 4. The third-order valence-corrected chi connectivity index (χ3v) is 4.18. The predicted octanol–water partition coefficient (Wildman–Crippen LogP) is 2.32. The van der Waals surface area contributed by atoms with Crippen molar-refractivity contribution in [2.45, 2.75) is 29.8 Å². The highest BCUT2D eigenvalue weighted by molar-refractivity contribution is 7.98. The van der Waals surface area contributed by atoms with Gasteiger partial charge in [-0.2, -0.15) is 0 Å². The van der Waals surface area contributed by atoms with Crippen molar-refractivity contribution in [2.75, 3.05) is 14.2 Å². The van der Waals surface area contributed by atoms with Crippen LogP contribution in [0.1, 0.15) is 24.4 Å². The van der Waals surface area contributed by atoms with Crippen LogP contribution in [0.2, 0.25) is 0 Å². The summed E-state index contributed by atoms with van der Waals surface area (Å²) < 4.78 is 12.5. The highest BCUT2D eigenvalue weighted by Gasteiger charge is 2.27. The van der Waals surface area contributed by atoms with E-state index in [2.05, 4.69) is 15.5 Å². The van der Waals surface area contributed by atoms with Gasteiger partial charge >= 0.3 is 0 Å². The zero-order chi connectivity index (χ0) is 13.9. The summed E-state index contributed by atoms with van der Waals surface area (Å²) in [7, 11) is 3.33. The lowest BCUT2D eigenvalue weighted by atomic mass is 10.2. The molecule has 1 aromatic heterocycles. The molecule has 0 amide bonds. The van der Waals surface area contributed by atoms with Gasteiger partial charge in [0.15, 0.2) is 0 Å². The van der Waals surface area contributed by atoms with E-state index >= 15 is 0 Å². The lowest BCUT2D eigenvalue weighted by molar-refractivity contribution is 0.400. The van der Waals surface area contributed by atoms with Crippen molar-refractivity contribution >= 4 is 11.8 Å². The predicted molar refractivity (Wildman–Crippen MR) is 75.2 cm³/mol. The highest BCUT2D eigenvalue weighted by atomic mass is 32.2. The van der Waals surface area contributed by atoms with Gasteiger partial charge in [-0.25, -0.2) is 4.68 Å². The van der Waals surface area contributed by atoms with Gasteiger partial charge in [0, 0.05) is 11.3 Å². The van der Waals surface area contributed by atoms with Gasteiger partial charge < -0.3 is 9.47 Å². The van der Waals surface area contributed by atoms with E-state index in [9.17, 15) is 0 Å². The van der Waals surface area contributed by atoms with Crippen molar-refractivity contribution < 1.29 is 9.47 Å². The van der Waals surface area contributed by atoms with Gasteiger partial charge in [0.1, 0.15) is 11.5 Å². The normalized spacial score (nSPS) is 14.3. The zero-order valence-electron chi connectivity index (χ0n) is 11.4. The fraction of sp³-hybridized carbons (Fsp3) is 0.462. The number of methoxy groups -OCH3 is 2. The Bertz CT molecular complexity index is 598. The number of thioether (sulfide) groups is 1. The van der Waals surface area contributed by atoms with Crippen LogP contribution in [-0.4, -0.2) is 34.4 Å². The maximum Gasteiger partial charge on any atom is 0.209 e. The minimum absolute atomic E-state index is 0.486. The van der Waals surface area contributed by atoms with Crippen LogP contribution < -0.4 is 9.47 Å². The fourth-order valence-corrected chi connectivity index (χ4v) is 2.89. The second-order valence-corrected chi connectivity index (χ2v) is 5.55. The first-order chi connectivity index (χ1) is 9.81. The molecule has 2 aromatic rings. The number of aromatic nitrogens is 4. The molecule has 1 aliphatic carbocycles. The lowest BCUT2D eigenvalue weighted by Crippen LogP contribution is -1.99. The molecule has 0 spiro atoms. The van der Waals surface area contributed by atoms with Crippen molar-refractivity contribution in [3.05, 3.63) is 23.8 Å². The van der Waals surface area contributed by atoms with Crippen LogP contribution in [0.4, 0.5) is 0 Å². The molecular weight excluding hydrogens is 276 g/mol. The SMILES string of the molecule is COc1ccc(OC)c(CSc2nnnn2C2CC2)c1. The van der Waals surface area contributed by atoms with Crippen molar-refractivity contribution in [3.63, 3.8) is 0 Å². The summed E-state index contributed by atoms with van der Waals surface area (Å²) in [4.78, 5) is 0. The Morgan fingerprint density at radius 2 is 2.15 bits per heavy atom. The van der Waals surface area contributed by atoms with Gasteiger partial charge in [-0.05, 0) is 41.5 Å². The summed E-state index contributed by atoms with van der Waals surface area (Å²) in [5, 5.41) is 12.7. The molecule has 1 fully saturated rings. The van der Waals surface area contributed by atoms with E-state index in [-0.39, 0.29) is 0 Å². The molecule has 0 N–H and O–H groups in total. The molecule has 7 heteroatoms. The van der Waals surface area contributed by atoms with E-state index in [0.717, 1.165) is 28.0 Å². The van der Waals surface area contributed by atoms with Crippen LogP contribution in [0.3, 0.4) is 0 Å². The zero-order valence-corrected chi connectivity index (χ0v) is 12.3. The summed E-state index contributed by atoms with van der Waals surface area (Å²) >= 11 is 1.62. The van der Waals surface area contributed by atoms with E-state index < -0.39 is 0 Å². The summed E-state index contributed by atoms with van der Waals surface area (Å²) in [6, 6.07) is 6.27. The molecule has 0 bridgehead atoms. The standard InChI is InChI=1S/C13H16N4O2S/c1-18-11-5-6-12(19-2)9(7-11)8-20-13-14-15-16-17(13)10-3-4-10/h5-7,10H,3-4,8H2,1-2H3. The summed E-state index contributed by atoms with van der Waals surface area (Å²) in [5.74, 6) is 2.42. The summed E-state index contributed by atoms with van der Waals surface area (Å²) in [5.41, 5.74) is 1.07. The average molecular weight is 292 g/mol. The Kier molecular flexibility index (Phi) is 3.77. The van der Waals surface area contributed by atoms with Crippen molar-refractivity contribution in [2.24, 2.45) is 0 Å². The van der Waals surface area contributed by atoms with Crippen LogP contribution >= 0.6 is 11.8 Å². The highest BCUT2D eigenvalue weighted by Crippen LogP contribution is 2.37. The van der Waals surface area contributed by atoms with Crippen LogP contribution in [0.25, 0.3) is 0 Å². The summed E-state index contributed by atoms with van der Waals surface area (Å²) in [6.45, 7) is 0. The number of benzene rings is 1. The number of hydrogen-bond donors (Lipinski definition) is 0. The molecule has 1 aliphatic rings. The Morgan fingerprint density at radius 3 is 2.85 bits per heavy atom. The molecule has 106 valence electrons. The molecular formula is C13H16N4O2S. The molecule has 0 unspecified atom stereocenters. The first-order valence-corrected chi connectivity index (χ1v) is 7.42. The monoisotopic (exact) mass is 292 g/mol. The van der Waals surface area contributed by atoms with Crippen molar-refractivity contribution in [3.8, 4) is 11.5 Å². The molecule has 1 saturated carbocycles. The molecule has 20 heavy (non-hydrogen) atoms. The van der Waals surface area contributed by atoms with Crippen LogP contribution in [0.15, 0.2) is 23.4 Å². The molecule has 1 heterocycles. The number of ether oxygens (including phenoxy) is 2. The first-order valence-electron chi connectivity index (χ1n) is 6.43. The van der Waals surface area contributed by atoms with Gasteiger partial charge in [-0.15, -0.1) is 5.10 Å². The van der Waals surface area contributed by atoms with E-state index in [4.69, 9.17) is 9.47 Å². The minimum Gasteiger partial charge on any atom is -0.497 e. The quantitative estimate of drug-likeness (QED) is 0.761. The van der Waals surface area contributed by atoms with Gasteiger partial charge in [-0.3, -0.25) is 0 Å². The van der Waals surface area contributed by atoms with Gasteiger partial charge in [0.05, 0.1) is 20.3 Å². The van der Waals surface area contributed by atoms with E-state index in [1.54, 1.807) is 26.0 Å². The smallest absolute Gasteiger partial charge is 0.209 e. The molecule has 3 rings (SSSR count). The first kappa shape index (κ1) is 13.2. The second-order valence-electron chi connectivity index (χ2n) is 4.60. The molecule has 0 atom stereocenters. The largest absolute Gasteiger partial charge is 0.497 e. The van der Waals surface area contributed by atoms with Crippen molar-refractivity contribution in [1.82, 2.24) is 20.2 Å². The van der Waals surface area contributed by atoms with E-state index in [1.165, 1.54) is 12.8 Å². The lowest BCUT2D eigenvalue weighted by Gasteiger charge is -2.10. The van der Waals surface area contributed by atoms with Gasteiger partial charge in [-0.1, -0.05) is 11.8 Å². The molecule has 0 aliphatic heterocycles. The number of rotatable bonds is 6.